The van der Waals surface area contributed by atoms with Crippen LogP contribution in [-0.4, -0.2) is 0 Å². The molecule has 0 aromatic heterocycles. The Morgan fingerprint density at radius 3 is 1.36 bits per heavy atom. The van der Waals surface area contributed by atoms with Crippen molar-refractivity contribution in [2.24, 2.45) is 0 Å². The Morgan fingerprint density at radius 2 is 1.14 bits per heavy atom. The van der Waals surface area contributed by atoms with Crippen molar-refractivity contribution < 1.29 is 0 Å². The molecule has 1 aliphatic rings. The van der Waals surface area contributed by atoms with E-state index in [9.17, 15) is 0 Å². The molecule has 0 amide bonds. The van der Waals surface area contributed by atoms with E-state index in [4.69, 9.17) is 0 Å². The topological polar surface area (TPSA) is 0 Å². The van der Waals surface area contributed by atoms with Crippen molar-refractivity contribution in [2.45, 2.75) is 40.5 Å². The molecule has 1 rings (SSSR count). The molecule has 0 heteroatoms. The van der Waals surface area contributed by atoms with Gasteiger partial charge in [0.15, 0.2) is 0 Å². The fourth-order valence-corrected chi connectivity index (χ4v) is 1.12. The van der Waals surface area contributed by atoms with Gasteiger partial charge in [0.2, 0.25) is 0 Å². The largest absolute Gasteiger partial charge is 0.0985 e. The lowest BCUT2D eigenvalue weighted by atomic mass is 9.98. The van der Waals surface area contributed by atoms with Gasteiger partial charge in [-0.05, 0) is 24.0 Å². The molecule has 0 aliphatic heterocycles. The minimum atomic E-state index is 1.14. The minimum absolute atomic E-state index is 1.14. The lowest BCUT2D eigenvalue weighted by molar-refractivity contribution is 1.01. The summed E-state index contributed by atoms with van der Waals surface area (Å²) in [6.45, 7) is 15.5. The fraction of sp³-hybridized carbons (Fsp3) is 0.429. The lowest BCUT2D eigenvalue weighted by Crippen LogP contribution is -1.88. The van der Waals surface area contributed by atoms with E-state index < -0.39 is 0 Å². The van der Waals surface area contributed by atoms with E-state index >= 15 is 0 Å². The first-order chi connectivity index (χ1) is 6.88. The molecule has 0 aromatic carbocycles. The third-order valence-electron chi connectivity index (χ3n) is 1.67. The van der Waals surface area contributed by atoms with E-state index in [0.29, 0.717) is 0 Å². The highest BCUT2D eigenvalue weighted by Gasteiger charge is 1.99. The zero-order chi connectivity index (χ0) is 11.4. The van der Waals surface area contributed by atoms with Gasteiger partial charge in [-0.25, -0.2) is 0 Å². The summed E-state index contributed by atoms with van der Waals surface area (Å²) in [7, 11) is 0. The zero-order valence-corrected chi connectivity index (χ0v) is 10.1. The first kappa shape index (κ1) is 15.4. The van der Waals surface area contributed by atoms with Crippen LogP contribution < -0.4 is 0 Å². The molecule has 0 aromatic rings. The van der Waals surface area contributed by atoms with Crippen LogP contribution in [0.1, 0.15) is 40.5 Å². The summed E-state index contributed by atoms with van der Waals surface area (Å²) in [5.74, 6) is 0. The second kappa shape index (κ2) is 12.0. The van der Waals surface area contributed by atoms with E-state index in [-0.39, 0.29) is 0 Å². The Kier molecular flexibility index (Phi) is 13.2. The van der Waals surface area contributed by atoms with E-state index in [1.165, 1.54) is 11.1 Å². The molecular formula is C14H24. The van der Waals surface area contributed by atoms with Gasteiger partial charge in [-0.1, -0.05) is 65.2 Å². The summed E-state index contributed by atoms with van der Waals surface area (Å²) in [5, 5.41) is 0. The standard InChI is InChI=1S/C10H12.2C2H6/c1-3-9-7-5-6-8-10(9)4-2;2*1-2/h3-4,7-8H,1-2,5-6H2;2*1-2H3. The van der Waals surface area contributed by atoms with Gasteiger partial charge in [0.05, 0.1) is 0 Å². The highest BCUT2D eigenvalue weighted by Crippen LogP contribution is 2.19. The van der Waals surface area contributed by atoms with E-state index in [2.05, 4.69) is 25.3 Å². The maximum absolute atomic E-state index is 3.73. The molecule has 0 heterocycles. The van der Waals surface area contributed by atoms with Crippen molar-refractivity contribution in [1.82, 2.24) is 0 Å². The molecule has 0 unspecified atom stereocenters. The van der Waals surface area contributed by atoms with Gasteiger partial charge in [0.1, 0.15) is 0 Å². The van der Waals surface area contributed by atoms with Crippen LogP contribution in [0.5, 0.6) is 0 Å². The Bertz CT molecular complexity index is 180. The lowest BCUT2D eigenvalue weighted by Gasteiger charge is -2.07. The van der Waals surface area contributed by atoms with Gasteiger partial charge in [-0.15, -0.1) is 0 Å². The van der Waals surface area contributed by atoms with Crippen LogP contribution >= 0.6 is 0 Å². The highest BCUT2D eigenvalue weighted by molar-refractivity contribution is 5.46. The van der Waals surface area contributed by atoms with Gasteiger partial charge in [-0.3, -0.25) is 0 Å². The molecule has 0 spiro atoms. The first-order valence-electron chi connectivity index (χ1n) is 5.54. The molecule has 1 aliphatic carbocycles. The average molecular weight is 192 g/mol. The highest BCUT2D eigenvalue weighted by atomic mass is 14.0. The Morgan fingerprint density at radius 1 is 0.857 bits per heavy atom. The zero-order valence-electron chi connectivity index (χ0n) is 10.1. The third-order valence-corrected chi connectivity index (χ3v) is 1.67. The Labute approximate surface area is 89.7 Å². The second-order valence-electron chi connectivity index (χ2n) is 2.30. The van der Waals surface area contributed by atoms with Crippen molar-refractivity contribution in [3.05, 3.63) is 48.6 Å². The van der Waals surface area contributed by atoms with Gasteiger partial charge < -0.3 is 0 Å². The third kappa shape index (κ3) is 5.58. The number of allylic oxidation sites excluding steroid dienone is 6. The quantitative estimate of drug-likeness (QED) is 0.574. The molecule has 0 nitrogen and oxygen atoms in total. The van der Waals surface area contributed by atoms with Gasteiger partial charge in [-0.2, -0.15) is 0 Å². The summed E-state index contributed by atoms with van der Waals surface area (Å²) in [4.78, 5) is 0. The molecule has 14 heavy (non-hydrogen) atoms. The van der Waals surface area contributed by atoms with Crippen LogP contribution in [0, 0.1) is 0 Å². The van der Waals surface area contributed by atoms with Crippen molar-refractivity contribution in [3.8, 4) is 0 Å². The molecule has 0 saturated carbocycles. The van der Waals surface area contributed by atoms with Crippen molar-refractivity contribution in [1.29, 1.82) is 0 Å². The Hall–Kier alpha value is -1.04. The van der Waals surface area contributed by atoms with Crippen molar-refractivity contribution >= 4 is 0 Å². The normalized spacial score (nSPS) is 13.1. The smallest absolute Gasteiger partial charge is 0.0233 e. The summed E-state index contributed by atoms with van der Waals surface area (Å²) in [6.07, 6.45) is 10.4. The van der Waals surface area contributed by atoms with Crippen LogP contribution in [0.2, 0.25) is 0 Å². The maximum Gasteiger partial charge on any atom is -0.0233 e. The summed E-state index contributed by atoms with van der Waals surface area (Å²) in [5.41, 5.74) is 2.45. The summed E-state index contributed by atoms with van der Waals surface area (Å²) >= 11 is 0. The average Bonchev–Trinajstić information content (AvgIpc) is 2.34. The molecule has 0 fully saturated rings. The van der Waals surface area contributed by atoms with Crippen LogP contribution in [0.3, 0.4) is 0 Å². The molecule has 0 bridgehead atoms. The number of hydrogen-bond donors (Lipinski definition) is 0. The number of rotatable bonds is 2. The monoisotopic (exact) mass is 192 g/mol. The molecular weight excluding hydrogens is 168 g/mol. The van der Waals surface area contributed by atoms with Crippen LogP contribution in [0.4, 0.5) is 0 Å². The van der Waals surface area contributed by atoms with Gasteiger partial charge in [0.25, 0.3) is 0 Å². The molecule has 0 radical (unpaired) electrons. The second-order valence-corrected chi connectivity index (χ2v) is 2.30. The summed E-state index contributed by atoms with van der Waals surface area (Å²) in [6, 6.07) is 0. The molecule has 0 N–H and O–H groups in total. The Balaban J connectivity index is 0. The van der Waals surface area contributed by atoms with Crippen molar-refractivity contribution in [2.75, 3.05) is 0 Å². The van der Waals surface area contributed by atoms with Crippen LogP contribution in [0.15, 0.2) is 48.6 Å². The maximum atomic E-state index is 3.73. The SMILES string of the molecule is C=CC1=CCCC=C1C=C.CC.CC. The predicted octanol–water partition coefficient (Wildman–Crippen LogP) is 5.06. The molecule has 0 saturated heterocycles. The predicted molar refractivity (Wildman–Crippen MR) is 68.5 cm³/mol. The van der Waals surface area contributed by atoms with Gasteiger partial charge in [0, 0.05) is 0 Å². The van der Waals surface area contributed by atoms with Crippen LogP contribution in [0.25, 0.3) is 0 Å². The molecule has 0 atom stereocenters. The van der Waals surface area contributed by atoms with Crippen molar-refractivity contribution in [3.63, 3.8) is 0 Å². The van der Waals surface area contributed by atoms with E-state index in [1.54, 1.807) is 0 Å². The van der Waals surface area contributed by atoms with E-state index in [0.717, 1.165) is 12.8 Å². The summed E-state index contributed by atoms with van der Waals surface area (Å²) < 4.78 is 0. The van der Waals surface area contributed by atoms with Gasteiger partial charge >= 0.3 is 0 Å². The van der Waals surface area contributed by atoms with E-state index in [1.807, 2.05) is 39.8 Å². The minimum Gasteiger partial charge on any atom is -0.0985 e. The number of hydrogen-bond acceptors (Lipinski definition) is 0. The fourth-order valence-electron chi connectivity index (χ4n) is 1.12. The first-order valence-corrected chi connectivity index (χ1v) is 5.54. The molecule has 80 valence electrons. The van der Waals surface area contributed by atoms with Crippen LogP contribution in [-0.2, 0) is 0 Å².